The molecule has 0 bridgehead atoms. The van der Waals surface area contributed by atoms with E-state index >= 15 is 0 Å². The van der Waals surface area contributed by atoms with E-state index in [0.29, 0.717) is 0 Å². The first-order valence-corrected chi connectivity index (χ1v) is 4.61. The summed E-state index contributed by atoms with van der Waals surface area (Å²) in [6.07, 6.45) is 0. The van der Waals surface area contributed by atoms with Crippen LogP contribution in [0.1, 0.15) is 13.8 Å². The minimum absolute atomic E-state index is 1.20. The number of hydrogen-bond donors (Lipinski definition) is 0. The van der Waals surface area contributed by atoms with E-state index in [1.165, 1.54) is 30.7 Å². The molecule has 0 aromatic carbocycles. The molecule has 1 heterocycles. The van der Waals surface area contributed by atoms with Gasteiger partial charge in [-0.05, 0) is 7.05 Å². The molecule has 0 aromatic heterocycles. The van der Waals surface area contributed by atoms with Crippen LogP contribution >= 0.6 is 0 Å². The Morgan fingerprint density at radius 3 is 1.64 bits per heavy atom. The molecule has 0 atom stereocenters. The summed E-state index contributed by atoms with van der Waals surface area (Å²) in [5.41, 5.74) is 0. The van der Waals surface area contributed by atoms with E-state index in [9.17, 15) is 0 Å². The summed E-state index contributed by atoms with van der Waals surface area (Å²) in [6.45, 7) is 9.12. The summed E-state index contributed by atoms with van der Waals surface area (Å²) in [6, 6.07) is 0. The number of piperazine rings is 1. The van der Waals surface area contributed by atoms with Gasteiger partial charge >= 0.3 is 0 Å². The number of quaternary nitrogens is 1. The van der Waals surface area contributed by atoms with Crippen molar-refractivity contribution in [2.24, 2.45) is 0 Å². The largest absolute Gasteiger partial charge is 0.326 e. The van der Waals surface area contributed by atoms with Crippen LogP contribution in [0.2, 0.25) is 0 Å². The van der Waals surface area contributed by atoms with Crippen LogP contribution in [0, 0.1) is 0 Å². The Bertz CT molecular complexity index is 89.7. The Hall–Kier alpha value is -0.0800. The van der Waals surface area contributed by atoms with Crippen LogP contribution < -0.4 is 0 Å². The van der Waals surface area contributed by atoms with Crippen molar-refractivity contribution in [2.45, 2.75) is 13.8 Å². The van der Waals surface area contributed by atoms with Gasteiger partial charge in [0, 0.05) is 13.1 Å². The van der Waals surface area contributed by atoms with Crippen molar-refractivity contribution in [1.82, 2.24) is 4.90 Å². The zero-order valence-electron chi connectivity index (χ0n) is 8.72. The Morgan fingerprint density at radius 2 is 1.36 bits per heavy atom. The minimum Gasteiger partial charge on any atom is -0.326 e. The standard InChI is InChI=1S/C7H17N2.C2H6/c1-8-4-6-9(2,3)7-5-8;1-2/h4-7H2,1-3H3;1-2H3/q+1;. The van der Waals surface area contributed by atoms with Crippen LogP contribution in [0.4, 0.5) is 0 Å². The van der Waals surface area contributed by atoms with E-state index in [1.54, 1.807) is 0 Å². The van der Waals surface area contributed by atoms with Crippen molar-refractivity contribution in [3.63, 3.8) is 0 Å². The van der Waals surface area contributed by atoms with Gasteiger partial charge in [0.05, 0.1) is 27.2 Å². The molecular formula is C9H23N2+. The average molecular weight is 159 g/mol. The normalized spacial score (nSPS) is 23.7. The van der Waals surface area contributed by atoms with Crippen LogP contribution in [0.3, 0.4) is 0 Å². The Morgan fingerprint density at radius 1 is 1.00 bits per heavy atom. The van der Waals surface area contributed by atoms with Crippen LogP contribution in [0.5, 0.6) is 0 Å². The van der Waals surface area contributed by atoms with Gasteiger partial charge in [0.1, 0.15) is 0 Å². The van der Waals surface area contributed by atoms with Gasteiger partial charge in [-0.1, -0.05) is 13.8 Å². The SMILES string of the molecule is CC.CN1CC[N+](C)(C)CC1. The second-order valence-electron chi connectivity index (χ2n) is 3.69. The number of hydrogen-bond acceptors (Lipinski definition) is 1. The highest BCUT2D eigenvalue weighted by atomic mass is 15.4. The van der Waals surface area contributed by atoms with Gasteiger partial charge in [-0.25, -0.2) is 0 Å². The van der Waals surface area contributed by atoms with E-state index in [1.807, 2.05) is 13.8 Å². The molecule has 1 aliphatic heterocycles. The lowest BCUT2D eigenvalue weighted by molar-refractivity contribution is -0.894. The summed E-state index contributed by atoms with van der Waals surface area (Å²) >= 11 is 0. The maximum absolute atomic E-state index is 2.39. The predicted octanol–water partition coefficient (Wildman–Crippen LogP) is 1.03. The zero-order chi connectivity index (χ0) is 8.91. The van der Waals surface area contributed by atoms with Crippen LogP contribution in [0.25, 0.3) is 0 Å². The van der Waals surface area contributed by atoms with Crippen LogP contribution in [-0.2, 0) is 0 Å². The summed E-state index contributed by atoms with van der Waals surface area (Å²) in [5, 5.41) is 0. The number of rotatable bonds is 0. The number of nitrogens with zero attached hydrogens (tertiary/aromatic N) is 2. The van der Waals surface area contributed by atoms with Crippen LogP contribution in [-0.4, -0.2) is 56.7 Å². The number of likely N-dealkylation sites (N-methyl/N-ethyl adjacent to an activating group) is 2. The monoisotopic (exact) mass is 159 g/mol. The topological polar surface area (TPSA) is 3.24 Å². The molecule has 2 nitrogen and oxygen atoms in total. The first-order chi connectivity index (χ1) is 5.10. The van der Waals surface area contributed by atoms with Crippen molar-refractivity contribution < 1.29 is 4.48 Å². The zero-order valence-corrected chi connectivity index (χ0v) is 8.72. The Kier molecular flexibility index (Phi) is 4.69. The molecule has 0 aliphatic carbocycles. The first kappa shape index (κ1) is 10.9. The molecule has 1 saturated heterocycles. The molecule has 0 aromatic rings. The summed E-state index contributed by atoms with van der Waals surface area (Å²) < 4.78 is 1.20. The summed E-state index contributed by atoms with van der Waals surface area (Å²) in [4.78, 5) is 2.39. The summed E-state index contributed by atoms with van der Waals surface area (Å²) in [7, 11) is 6.79. The molecule has 0 radical (unpaired) electrons. The van der Waals surface area contributed by atoms with Gasteiger partial charge in [0.25, 0.3) is 0 Å². The van der Waals surface area contributed by atoms with Gasteiger partial charge < -0.3 is 4.48 Å². The molecule has 0 unspecified atom stereocenters. The van der Waals surface area contributed by atoms with Crippen molar-refractivity contribution in [2.75, 3.05) is 47.3 Å². The second-order valence-corrected chi connectivity index (χ2v) is 3.69. The highest BCUT2D eigenvalue weighted by Gasteiger charge is 2.21. The summed E-state index contributed by atoms with van der Waals surface area (Å²) in [5.74, 6) is 0. The van der Waals surface area contributed by atoms with Crippen molar-refractivity contribution in [3.05, 3.63) is 0 Å². The first-order valence-electron chi connectivity index (χ1n) is 4.61. The fourth-order valence-corrected chi connectivity index (χ4v) is 1.11. The molecule has 11 heavy (non-hydrogen) atoms. The quantitative estimate of drug-likeness (QED) is 0.477. The van der Waals surface area contributed by atoms with Gasteiger partial charge in [0.2, 0.25) is 0 Å². The third-order valence-electron chi connectivity index (χ3n) is 2.17. The smallest absolute Gasteiger partial charge is 0.0912 e. The fourth-order valence-electron chi connectivity index (χ4n) is 1.11. The maximum Gasteiger partial charge on any atom is 0.0912 e. The third kappa shape index (κ3) is 4.38. The minimum atomic E-state index is 1.20. The third-order valence-corrected chi connectivity index (χ3v) is 2.17. The molecule has 1 fully saturated rings. The molecular weight excluding hydrogens is 136 g/mol. The Balaban J connectivity index is 0.000000461. The van der Waals surface area contributed by atoms with Gasteiger partial charge in [-0.15, -0.1) is 0 Å². The highest BCUT2D eigenvalue weighted by Crippen LogP contribution is 2.03. The second kappa shape index (κ2) is 4.73. The van der Waals surface area contributed by atoms with Gasteiger partial charge in [-0.3, -0.25) is 4.90 Å². The van der Waals surface area contributed by atoms with E-state index in [0.717, 1.165) is 0 Å². The van der Waals surface area contributed by atoms with Crippen molar-refractivity contribution >= 4 is 0 Å². The molecule has 0 saturated carbocycles. The van der Waals surface area contributed by atoms with Crippen molar-refractivity contribution in [1.29, 1.82) is 0 Å². The van der Waals surface area contributed by atoms with Gasteiger partial charge in [0.15, 0.2) is 0 Å². The highest BCUT2D eigenvalue weighted by molar-refractivity contribution is 4.55. The van der Waals surface area contributed by atoms with Crippen molar-refractivity contribution in [3.8, 4) is 0 Å². The lowest BCUT2D eigenvalue weighted by Crippen LogP contribution is -2.53. The van der Waals surface area contributed by atoms with E-state index in [2.05, 4.69) is 26.0 Å². The molecule has 1 aliphatic rings. The lowest BCUT2D eigenvalue weighted by atomic mass is 10.3. The van der Waals surface area contributed by atoms with E-state index in [4.69, 9.17) is 0 Å². The molecule has 0 spiro atoms. The van der Waals surface area contributed by atoms with E-state index in [-0.39, 0.29) is 0 Å². The Labute approximate surface area is 71.4 Å². The van der Waals surface area contributed by atoms with Crippen LogP contribution in [0.15, 0.2) is 0 Å². The molecule has 0 amide bonds. The molecule has 2 heteroatoms. The molecule has 68 valence electrons. The van der Waals surface area contributed by atoms with Gasteiger partial charge in [-0.2, -0.15) is 0 Å². The average Bonchev–Trinajstić information content (AvgIpc) is 2.00. The fraction of sp³-hybridized carbons (Fsp3) is 1.00. The molecule has 0 N–H and O–H groups in total. The molecule has 1 rings (SSSR count). The van der Waals surface area contributed by atoms with E-state index < -0.39 is 0 Å². The maximum atomic E-state index is 2.39. The lowest BCUT2D eigenvalue weighted by Gasteiger charge is -2.37. The predicted molar refractivity (Wildman–Crippen MR) is 50.7 cm³/mol.